The summed E-state index contributed by atoms with van der Waals surface area (Å²) in [5.74, 6) is 1.03. The van der Waals surface area contributed by atoms with Gasteiger partial charge in [-0.3, -0.25) is 0 Å². The molecule has 0 aliphatic rings. The third kappa shape index (κ3) is 6.52. The number of unbranched alkanes of at least 4 members (excludes halogenated alkanes) is 1. The van der Waals surface area contributed by atoms with E-state index in [2.05, 4.69) is 65.1 Å². The minimum Gasteiger partial charge on any atom is -0.493 e. The van der Waals surface area contributed by atoms with Crippen LogP contribution in [0, 0.1) is 6.92 Å². The van der Waals surface area contributed by atoms with E-state index in [4.69, 9.17) is 4.74 Å². The highest BCUT2D eigenvalue weighted by atomic mass is 16.5. The Bertz CT molecular complexity index is 420. The van der Waals surface area contributed by atoms with E-state index in [-0.39, 0.29) is 5.41 Å². The van der Waals surface area contributed by atoms with Crippen molar-refractivity contribution in [2.45, 2.75) is 72.3 Å². The Morgan fingerprint density at radius 3 is 2.48 bits per heavy atom. The summed E-state index contributed by atoms with van der Waals surface area (Å²) in [7, 11) is 0. The summed E-state index contributed by atoms with van der Waals surface area (Å²) in [6, 6.07) is 7.18. The predicted molar refractivity (Wildman–Crippen MR) is 92.4 cm³/mol. The maximum Gasteiger partial charge on any atom is 0.122 e. The molecule has 1 aromatic carbocycles. The summed E-state index contributed by atoms with van der Waals surface area (Å²) in [5.41, 5.74) is 2.80. The molecule has 0 aliphatic heterocycles. The van der Waals surface area contributed by atoms with Gasteiger partial charge in [0.15, 0.2) is 0 Å². The van der Waals surface area contributed by atoms with Crippen LogP contribution in [0.4, 0.5) is 0 Å². The Kier molecular flexibility index (Phi) is 7.24. The van der Waals surface area contributed by atoms with Crippen LogP contribution in [-0.4, -0.2) is 19.2 Å². The van der Waals surface area contributed by atoms with Gasteiger partial charge in [-0.15, -0.1) is 0 Å². The van der Waals surface area contributed by atoms with Gasteiger partial charge < -0.3 is 10.1 Å². The average molecular weight is 291 g/mol. The molecule has 1 aromatic rings. The van der Waals surface area contributed by atoms with Gasteiger partial charge in [0, 0.05) is 6.04 Å². The van der Waals surface area contributed by atoms with Gasteiger partial charge in [-0.2, -0.15) is 0 Å². The highest BCUT2D eigenvalue weighted by molar-refractivity contribution is 5.38. The van der Waals surface area contributed by atoms with Crippen LogP contribution in [0.2, 0.25) is 0 Å². The normalized spacial score (nSPS) is 13.2. The first kappa shape index (κ1) is 18.0. The highest BCUT2D eigenvalue weighted by Gasteiger charge is 2.14. The lowest BCUT2D eigenvalue weighted by Crippen LogP contribution is -2.26. The van der Waals surface area contributed by atoms with Crippen molar-refractivity contribution in [1.82, 2.24) is 5.32 Å². The van der Waals surface area contributed by atoms with Crippen molar-refractivity contribution >= 4 is 0 Å². The molecule has 0 aliphatic carbocycles. The number of aryl methyl sites for hydroxylation is 1. The minimum atomic E-state index is 0.199. The number of hydrogen-bond acceptors (Lipinski definition) is 2. The van der Waals surface area contributed by atoms with Crippen molar-refractivity contribution in [3.05, 3.63) is 29.3 Å². The molecule has 0 saturated carbocycles. The Labute approximate surface area is 131 Å². The van der Waals surface area contributed by atoms with Crippen LogP contribution >= 0.6 is 0 Å². The fraction of sp³-hybridized carbons (Fsp3) is 0.684. The molecule has 1 unspecified atom stereocenters. The zero-order valence-electron chi connectivity index (χ0n) is 14.8. The molecule has 120 valence electrons. The summed E-state index contributed by atoms with van der Waals surface area (Å²) in [6.07, 6.45) is 3.46. The zero-order chi connectivity index (χ0) is 15.9. The van der Waals surface area contributed by atoms with Gasteiger partial charge in [0.2, 0.25) is 0 Å². The van der Waals surface area contributed by atoms with E-state index in [0.29, 0.717) is 6.04 Å². The van der Waals surface area contributed by atoms with Gasteiger partial charge in [0.25, 0.3) is 0 Å². The largest absolute Gasteiger partial charge is 0.493 e. The van der Waals surface area contributed by atoms with Crippen LogP contribution in [0.1, 0.15) is 65.0 Å². The molecule has 1 atom stereocenters. The van der Waals surface area contributed by atoms with Crippen LogP contribution in [0.25, 0.3) is 0 Å². The Balaban J connectivity index is 2.33. The SMILES string of the molecule is CCC(C)NCCCCOc1ccc(C(C)(C)C)cc1C. The third-order valence-electron chi connectivity index (χ3n) is 3.97. The summed E-state index contributed by atoms with van der Waals surface area (Å²) < 4.78 is 5.91. The highest BCUT2D eigenvalue weighted by Crippen LogP contribution is 2.27. The molecule has 2 nitrogen and oxygen atoms in total. The van der Waals surface area contributed by atoms with E-state index in [0.717, 1.165) is 25.3 Å². The lowest BCUT2D eigenvalue weighted by molar-refractivity contribution is 0.302. The lowest BCUT2D eigenvalue weighted by Gasteiger charge is -2.20. The van der Waals surface area contributed by atoms with Crippen molar-refractivity contribution in [1.29, 1.82) is 0 Å². The third-order valence-corrected chi connectivity index (χ3v) is 3.97. The quantitative estimate of drug-likeness (QED) is 0.692. The van der Waals surface area contributed by atoms with Crippen LogP contribution in [0.5, 0.6) is 5.75 Å². The smallest absolute Gasteiger partial charge is 0.122 e. The maximum absolute atomic E-state index is 5.91. The number of ether oxygens (including phenoxy) is 1. The van der Waals surface area contributed by atoms with Gasteiger partial charge in [-0.05, 0) is 62.3 Å². The first-order valence-electron chi connectivity index (χ1n) is 8.32. The number of hydrogen-bond donors (Lipinski definition) is 1. The van der Waals surface area contributed by atoms with Gasteiger partial charge in [0.1, 0.15) is 5.75 Å². The second-order valence-electron chi connectivity index (χ2n) is 7.05. The standard InChI is InChI=1S/C19H33NO/c1-7-16(3)20-12-8-9-13-21-18-11-10-17(14-15(18)2)19(4,5)6/h10-11,14,16,20H,7-9,12-13H2,1-6H3. The van der Waals surface area contributed by atoms with E-state index in [1.165, 1.54) is 24.0 Å². The second kappa shape index (κ2) is 8.43. The molecule has 1 rings (SSSR count). The van der Waals surface area contributed by atoms with E-state index in [9.17, 15) is 0 Å². The van der Waals surface area contributed by atoms with Crippen LogP contribution < -0.4 is 10.1 Å². The van der Waals surface area contributed by atoms with E-state index < -0.39 is 0 Å². The van der Waals surface area contributed by atoms with E-state index in [1.807, 2.05) is 0 Å². The van der Waals surface area contributed by atoms with Gasteiger partial charge in [-0.1, -0.05) is 39.8 Å². The van der Waals surface area contributed by atoms with Crippen LogP contribution in [0.15, 0.2) is 18.2 Å². The lowest BCUT2D eigenvalue weighted by atomic mass is 9.86. The topological polar surface area (TPSA) is 21.3 Å². The molecule has 0 saturated heterocycles. The Hall–Kier alpha value is -1.02. The molecule has 1 N–H and O–H groups in total. The summed E-state index contributed by atoms with van der Waals surface area (Å²) in [6.45, 7) is 15.2. The number of rotatable bonds is 8. The molecular formula is C19H33NO. The fourth-order valence-electron chi connectivity index (χ4n) is 2.18. The van der Waals surface area contributed by atoms with E-state index >= 15 is 0 Å². The Morgan fingerprint density at radius 2 is 1.90 bits per heavy atom. The van der Waals surface area contributed by atoms with Crippen molar-refractivity contribution in [2.75, 3.05) is 13.2 Å². The average Bonchev–Trinajstić information content (AvgIpc) is 2.42. The van der Waals surface area contributed by atoms with Crippen molar-refractivity contribution in [3.8, 4) is 5.75 Å². The van der Waals surface area contributed by atoms with Crippen molar-refractivity contribution in [2.24, 2.45) is 0 Å². The summed E-state index contributed by atoms with van der Waals surface area (Å²) >= 11 is 0. The van der Waals surface area contributed by atoms with Crippen molar-refractivity contribution < 1.29 is 4.74 Å². The van der Waals surface area contributed by atoms with E-state index in [1.54, 1.807) is 0 Å². The molecular weight excluding hydrogens is 258 g/mol. The minimum absolute atomic E-state index is 0.199. The number of nitrogens with one attached hydrogen (secondary N) is 1. The first-order valence-corrected chi connectivity index (χ1v) is 8.32. The molecule has 2 heteroatoms. The zero-order valence-corrected chi connectivity index (χ0v) is 14.8. The number of benzene rings is 1. The fourth-order valence-corrected chi connectivity index (χ4v) is 2.18. The second-order valence-corrected chi connectivity index (χ2v) is 7.05. The molecule has 0 aromatic heterocycles. The van der Waals surface area contributed by atoms with Gasteiger partial charge in [-0.25, -0.2) is 0 Å². The van der Waals surface area contributed by atoms with Gasteiger partial charge >= 0.3 is 0 Å². The Morgan fingerprint density at radius 1 is 1.19 bits per heavy atom. The molecule has 0 amide bonds. The summed E-state index contributed by atoms with van der Waals surface area (Å²) in [4.78, 5) is 0. The molecule has 0 fully saturated rings. The molecule has 0 heterocycles. The van der Waals surface area contributed by atoms with Crippen LogP contribution in [0.3, 0.4) is 0 Å². The predicted octanol–water partition coefficient (Wildman–Crippen LogP) is 4.84. The first-order chi connectivity index (χ1) is 9.84. The van der Waals surface area contributed by atoms with Gasteiger partial charge in [0.05, 0.1) is 6.61 Å². The van der Waals surface area contributed by atoms with Crippen LogP contribution in [-0.2, 0) is 5.41 Å². The molecule has 0 radical (unpaired) electrons. The molecule has 0 spiro atoms. The van der Waals surface area contributed by atoms with Crippen molar-refractivity contribution in [3.63, 3.8) is 0 Å². The summed E-state index contributed by atoms with van der Waals surface area (Å²) in [5, 5.41) is 3.51. The molecule has 21 heavy (non-hydrogen) atoms. The molecule has 0 bridgehead atoms. The monoisotopic (exact) mass is 291 g/mol. The maximum atomic E-state index is 5.91.